The molecule has 0 saturated heterocycles. The van der Waals surface area contributed by atoms with Gasteiger partial charge in [-0.05, 0) is 30.2 Å². The van der Waals surface area contributed by atoms with Crippen molar-refractivity contribution in [1.82, 2.24) is 5.32 Å². The summed E-state index contributed by atoms with van der Waals surface area (Å²) in [6.45, 7) is 4.67. The van der Waals surface area contributed by atoms with Crippen LogP contribution < -0.4 is 5.32 Å². The Labute approximate surface area is 134 Å². The van der Waals surface area contributed by atoms with E-state index in [-0.39, 0.29) is 10.8 Å². The van der Waals surface area contributed by atoms with Crippen molar-refractivity contribution in [3.8, 4) is 0 Å². The first kappa shape index (κ1) is 19.1. The van der Waals surface area contributed by atoms with Gasteiger partial charge >= 0.3 is 5.97 Å². The summed E-state index contributed by atoms with van der Waals surface area (Å²) < 4.78 is 37.2. The topological polar surface area (TPSA) is 101 Å². The lowest BCUT2D eigenvalue weighted by molar-refractivity contribution is -0.143. The molecule has 128 valence electrons. The van der Waals surface area contributed by atoms with Crippen molar-refractivity contribution < 1.29 is 27.5 Å². The van der Waals surface area contributed by atoms with E-state index in [1.54, 1.807) is 13.8 Å². The molecule has 6 nitrogen and oxygen atoms in total. The Morgan fingerprint density at radius 1 is 1.17 bits per heavy atom. The second-order valence-corrected chi connectivity index (χ2v) is 7.74. The van der Waals surface area contributed by atoms with Crippen molar-refractivity contribution in [2.45, 2.75) is 31.7 Å². The number of halogens is 1. The molecule has 0 aromatic heterocycles. The standard InChI is InChI=1S/C15H20FNO5S/c1-9(2)13(15(19)20)17-14(18)10(3)8-23(21,22)12-6-4-11(16)5-7-12/h4-7,9-10,13H,8H2,1-3H3,(H,17,18)(H,19,20)/t10?,13-/m1/s1. The number of aliphatic carboxylic acids is 1. The van der Waals surface area contributed by atoms with Crippen LogP contribution in [0.2, 0.25) is 0 Å². The molecule has 1 rings (SSSR count). The first-order valence-corrected chi connectivity index (χ1v) is 8.71. The van der Waals surface area contributed by atoms with Crippen molar-refractivity contribution in [2.24, 2.45) is 11.8 Å². The fourth-order valence-electron chi connectivity index (χ4n) is 1.95. The third-order valence-electron chi connectivity index (χ3n) is 3.32. The smallest absolute Gasteiger partial charge is 0.326 e. The van der Waals surface area contributed by atoms with Crippen LogP contribution in [0.4, 0.5) is 4.39 Å². The molecule has 2 atom stereocenters. The monoisotopic (exact) mass is 345 g/mol. The van der Waals surface area contributed by atoms with Crippen LogP contribution in [0.25, 0.3) is 0 Å². The van der Waals surface area contributed by atoms with Crippen LogP contribution in [0.3, 0.4) is 0 Å². The summed E-state index contributed by atoms with van der Waals surface area (Å²) in [5.41, 5.74) is 0. The molecular formula is C15H20FNO5S. The zero-order valence-electron chi connectivity index (χ0n) is 13.1. The van der Waals surface area contributed by atoms with Crippen molar-refractivity contribution >= 4 is 21.7 Å². The summed E-state index contributed by atoms with van der Waals surface area (Å²) >= 11 is 0. The molecule has 1 aromatic carbocycles. The molecular weight excluding hydrogens is 325 g/mol. The summed E-state index contributed by atoms with van der Waals surface area (Å²) in [5.74, 6) is -4.16. The van der Waals surface area contributed by atoms with Gasteiger partial charge in [0.15, 0.2) is 9.84 Å². The molecule has 0 fully saturated rings. The summed E-state index contributed by atoms with van der Waals surface area (Å²) in [4.78, 5) is 23.0. The second-order valence-electron chi connectivity index (χ2n) is 5.70. The van der Waals surface area contributed by atoms with Gasteiger partial charge in [-0.25, -0.2) is 17.6 Å². The van der Waals surface area contributed by atoms with E-state index in [9.17, 15) is 22.4 Å². The van der Waals surface area contributed by atoms with Gasteiger partial charge in [0, 0.05) is 5.92 Å². The number of amides is 1. The summed E-state index contributed by atoms with van der Waals surface area (Å²) in [5, 5.41) is 11.4. The minimum absolute atomic E-state index is 0.0859. The van der Waals surface area contributed by atoms with Crippen LogP contribution in [0.15, 0.2) is 29.2 Å². The van der Waals surface area contributed by atoms with Crippen molar-refractivity contribution in [3.63, 3.8) is 0 Å². The number of carbonyl (C=O) groups excluding carboxylic acids is 1. The maximum atomic E-state index is 12.8. The highest BCUT2D eigenvalue weighted by molar-refractivity contribution is 7.91. The van der Waals surface area contributed by atoms with Crippen LogP contribution in [0, 0.1) is 17.7 Å². The Kier molecular flexibility index (Phi) is 6.26. The van der Waals surface area contributed by atoms with E-state index in [0.717, 1.165) is 24.3 Å². The van der Waals surface area contributed by atoms with Gasteiger partial charge < -0.3 is 10.4 Å². The maximum Gasteiger partial charge on any atom is 0.326 e. The molecule has 0 spiro atoms. The van der Waals surface area contributed by atoms with Crippen molar-refractivity contribution in [1.29, 1.82) is 0 Å². The molecule has 8 heteroatoms. The number of carboxylic acid groups (broad SMARTS) is 1. The molecule has 0 aliphatic rings. The Hall–Kier alpha value is -1.96. The van der Waals surface area contributed by atoms with Gasteiger partial charge in [0.25, 0.3) is 0 Å². The Bertz CT molecular complexity index is 670. The van der Waals surface area contributed by atoms with Crippen LogP contribution in [0.5, 0.6) is 0 Å². The number of carbonyl (C=O) groups is 2. The minimum atomic E-state index is -3.77. The van der Waals surface area contributed by atoms with Gasteiger partial charge in [0.1, 0.15) is 11.9 Å². The van der Waals surface area contributed by atoms with E-state index in [1.165, 1.54) is 6.92 Å². The predicted octanol–water partition coefficient (Wildman–Crippen LogP) is 1.46. The van der Waals surface area contributed by atoms with Crippen LogP contribution >= 0.6 is 0 Å². The van der Waals surface area contributed by atoms with E-state index in [0.29, 0.717) is 0 Å². The molecule has 0 radical (unpaired) electrons. The fourth-order valence-corrected chi connectivity index (χ4v) is 3.50. The van der Waals surface area contributed by atoms with Gasteiger partial charge in [-0.15, -0.1) is 0 Å². The molecule has 0 aliphatic heterocycles. The third kappa shape index (κ3) is 5.31. The highest BCUT2D eigenvalue weighted by Gasteiger charge is 2.28. The van der Waals surface area contributed by atoms with Crippen LogP contribution in [-0.4, -0.2) is 37.2 Å². The fraction of sp³-hybridized carbons (Fsp3) is 0.467. The lowest BCUT2D eigenvalue weighted by atomic mass is 10.0. The maximum absolute atomic E-state index is 12.8. The SMILES string of the molecule is CC(CS(=O)(=O)c1ccc(F)cc1)C(=O)N[C@@H](C(=O)O)C(C)C. The van der Waals surface area contributed by atoms with Gasteiger partial charge in [-0.1, -0.05) is 20.8 Å². The quantitative estimate of drug-likeness (QED) is 0.729. The van der Waals surface area contributed by atoms with E-state index in [2.05, 4.69) is 5.32 Å². The average molecular weight is 345 g/mol. The predicted molar refractivity (Wildman–Crippen MR) is 82.0 cm³/mol. The minimum Gasteiger partial charge on any atom is -0.480 e. The van der Waals surface area contributed by atoms with E-state index in [4.69, 9.17) is 5.11 Å². The molecule has 1 aromatic rings. The normalized spacial score (nSPS) is 14.3. The Morgan fingerprint density at radius 2 is 1.70 bits per heavy atom. The van der Waals surface area contributed by atoms with Gasteiger partial charge in [-0.3, -0.25) is 4.79 Å². The summed E-state index contributed by atoms with van der Waals surface area (Å²) in [6, 6.07) is 3.22. The van der Waals surface area contributed by atoms with E-state index in [1.807, 2.05) is 0 Å². The van der Waals surface area contributed by atoms with Crippen molar-refractivity contribution in [2.75, 3.05) is 5.75 Å². The second kappa shape index (κ2) is 7.54. The van der Waals surface area contributed by atoms with Gasteiger partial charge in [0.2, 0.25) is 5.91 Å². The largest absolute Gasteiger partial charge is 0.480 e. The van der Waals surface area contributed by atoms with Gasteiger partial charge in [-0.2, -0.15) is 0 Å². The Balaban J connectivity index is 2.81. The number of nitrogens with one attached hydrogen (secondary N) is 1. The van der Waals surface area contributed by atoms with Crippen molar-refractivity contribution in [3.05, 3.63) is 30.1 Å². The first-order valence-electron chi connectivity index (χ1n) is 7.06. The zero-order valence-corrected chi connectivity index (χ0v) is 13.9. The number of sulfone groups is 1. The van der Waals surface area contributed by atoms with Crippen LogP contribution in [-0.2, 0) is 19.4 Å². The average Bonchev–Trinajstić information content (AvgIpc) is 2.43. The molecule has 1 amide bonds. The molecule has 2 N–H and O–H groups in total. The molecule has 1 unspecified atom stereocenters. The number of benzene rings is 1. The third-order valence-corrected chi connectivity index (χ3v) is 5.25. The highest BCUT2D eigenvalue weighted by Crippen LogP contribution is 2.15. The van der Waals surface area contributed by atoms with Gasteiger partial charge in [0.05, 0.1) is 10.6 Å². The lowest BCUT2D eigenvalue weighted by Crippen LogP contribution is -2.47. The van der Waals surface area contributed by atoms with Crippen LogP contribution in [0.1, 0.15) is 20.8 Å². The highest BCUT2D eigenvalue weighted by atomic mass is 32.2. The molecule has 0 saturated carbocycles. The van der Waals surface area contributed by atoms with E-state index < -0.39 is 45.2 Å². The molecule has 0 aliphatic carbocycles. The lowest BCUT2D eigenvalue weighted by Gasteiger charge is -2.20. The molecule has 0 bridgehead atoms. The van der Waals surface area contributed by atoms with E-state index >= 15 is 0 Å². The molecule has 0 heterocycles. The number of carboxylic acids is 1. The number of hydrogen-bond donors (Lipinski definition) is 2. The number of hydrogen-bond acceptors (Lipinski definition) is 4. The summed E-state index contributed by atoms with van der Waals surface area (Å²) in [7, 11) is -3.77. The summed E-state index contributed by atoms with van der Waals surface area (Å²) in [6.07, 6.45) is 0. The Morgan fingerprint density at radius 3 is 2.13 bits per heavy atom. The molecule has 23 heavy (non-hydrogen) atoms. The first-order chi connectivity index (χ1) is 10.5. The number of rotatable bonds is 7. The zero-order chi connectivity index (χ0) is 17.8.